The van der Waals surface area contributed by atoms with Crippen LogP contribution in [0.3, 0.4) is 0 Å². The number of carbonyl (C=O) groups excluding carboxylic acids is 2. The standard InChI is InChI=1S/C22H24N4O3S/c1-2-3-14-18(21(28)29)23-19(27)15-30-22-25-24-20(16-10-6-4-7-11-16)26(22)17-12-8-5-9-13-17/h4-13,18H,2-3,14-15H2,1H3,(H,23,27)(H,28,29)/p-1/t18-/m0/s1. The molecule has 0 saturated heterocycles. The Morgan fingerprint density at radius 2 is 1.73 bits per heavy atom. The van der Waals surface area contributed by atoms with Crippen LogP contribution in [0.15, 0.2) is 65.8 Å². The van der Waals surface area contributed by atoms with Crippen molar-refractivity contribution in [2.45, 2.75) is 37.4 Å². The summed E-state index contributed by atoms with van der Waals surface area (Å²) in [5, 5.41) is 22.9. The summed E-state index contributed by atoms with van der Waals surface area (Å²) in [6, 6.07) is 18.3. The SMILES string of the molecule is CCCC[C@H](NC(=O)CSc1nnc(-c2ccccc2)n1-c1ccccc1)C(=O)[O-]. The lowest BCUT2D eigenvalue weighted by atomic mass is 10.1. The van der Waals surface area contributed by atoms with Crippen molar-refractivity contribution in [2.75, 3.05) is 5.75 Å². The van der Waals surface area contributed by atoms with Crippen LogP contribution in [-0.2, 0) is 9.59 Å². The van der Waals surface area contributed by atoms with E-state index in [0.29, 0.717) is 23.8 Å². The number of carboxylic acids is 1. The zero-order valence-electron chi connectivity index (χ0n) is 16.7. The number of carboxylic acid groups (broad SMARTS) is 1. The molecule has 30 heavy (non-hydrogen) atoms. The molecule has 1 atom stereocenters. The van der Waals surface area contributed by atoms with Crippen LogP contribution in [0.5, 0.6) is 0 Å². The Morgan fingerprint density at radius 3 is 2.37 bits per heavy atom. The largest absolute Gasteiger partial charge is 0.548 e. The number of aromatic nitrogens is 3. The molecule has 3 rings (SSSR count). The summed E-state index contributed by atoms with van der Waals surface area (Å²) >= 11 is 1.21. The van der Waals surface area contributed by atoms with Crippen LogP contribution in [0.2, 0.25) is 0 Å². The van der Waals surface area contributed by atoms with Crippen molar-refractivity contribution >= 4 is 23.6 Å². The summed E-state index contributed by atoms with van der Waals surface area (Å²) in [6.45, 7) is 1.96. The molecule has 0 aliphatic heterocycles. The molecule has 0 bridgehead atoms. The minimum Gasteiger partial charge on any atom is -0.548 e. The molecule has 0 saturated carbocycles. The Morgan fingerprint density at radius 1 is 1.07 bits per heavy atom. The molecular weight excluding hydrogens is 400 g/mol. The van der Waals surface area contributed by atoms with E-state index in [1.807, 2.05) is 72.2 Å². The number of hydrogen-bond acceptors (Lipinski definition) is 6. The molecule has 2 aromatic carbocycles. The van der Waals surface area contributed by atoms with E-state index in [1.54, 1.807) is 0 Å². The van der Waals surface area contributed by atoms with E-state index in [2.05, 4.69) is 15.5 Å². The molecule has 1 heterocycles. The van der Waals surface area contributed by atoms with E-state index >= 15 is 0 Å². The van der Waals surface area contributed by atoms with Crippen molar-refractivity contribution in [3.05, 3.63) is 60.7 Å². The van der Waals surface area contributed by atoms with Crippen LogP contribution in [-0.4, -0.2) is 38.4 Å². The summed E-state index contributed by atoms with van der Waals surface area (Å²) in [7, 11) is 0. The van der Waals surface area contributed by atoms with Gasteiger partial charge in [-0.1, -0.05) is 80.1 Å². The fourth-order valence-electron chi connectivity index (χ4n) is 2.97. The van der Waals surface area contributed by atoms with Gasteiger partial charge in [-0.25, -0.2) is 0 Å². The number of hydrogen-bond donors (Lipinski definition) is 1. The number of aliphatic carboxylic acids is 1. The van der Waals surface area contributed by atoms with Crippen LogP contribution in [0.25, 0.3) is 17.1 Å². The van der Waals surface area contributed by atoms with Crippen molar-refractivity contribution < 1.29 is 14.7 Å². The molecule has 3 aromatic rings. The predicted octanol–water partition coefficient (Wildman–Crippen LogP) is 2.45. The molecule has 156 valence electrons. The third kappa shape index (κ3) is 5.48. The van der Waals surface area contributed by atoms with E-state index in [-0.39, 0.29) is 11.7 Å². The van der Waals surface area contributed by atoms with Crippen LogP contribution in [0.1, 0.15) is 26.2 Å². The van der Waals surface area contributed by atoms with E-state index in [9.17, 15) is 14.7 Å². The molecule has 8 heteroatoms. The maximum absolute atomic E-state index is 12.3. The topological polar surface area (TPSA) is 99.9 Å². The summed E-state index contributed by atoms with van der Waals surface area (Å²) in [6.07, 6.45) is 1.90. The van der Waals surface area contributed by atoms with Crippen LogP contribution in [0, 0.1) is 0 Å². The number of unbranched alkanes of at least 4 members (excludes halogenated alkanes) is 1. The highest BCUT2D eigenvalue weighted by molar-refractivity contribution is 7.99. The second-order valence-electron chi connectivity index (χ2n) is 6.71. The van der Waals surface area contributed by atoms with Crippen molar-refractivity contribution in [1.82, 2.24) is 20.1 Å². The van der Waals surface area contributed by atoms with Gasteiger partial charge in [0.2, 0.25) is 5.91 Å². The molecule has 0 radical (unpaired) electrons. The Hall–Kier alpha value is -3.13. The van der Waals surface area contributed by atoms with E-state index in [0.717, 1.165) is 17.7 Å². The normalized spacial score (nSPS) is 11.8. The van der Waals surface area contributed by atoms with Gasteiger partial charge in [-0.3, -0.25) is 9.36 Å². The molecular formula is C22H23N4O3S-. The van der Waals surface area contributed by atoms with Gasteiger partial charge >= 0.3 is 0 Å². The lowest BCUT2D eigenvalue weighted by Gasteiger charge is -2.19. The number of carbonyl (C=O) groups is 2. The second kappa shape index (κ2) is 10.6. The first kappa shape index (κ1) is 21.6. The highest BCUT2D eigenvalue weighted by Crippen LogP contribution is 2.27. The molecule has 0 aliphatic carbocycles. The minimum atomic E-state index is -1.26. The highest BCUT2D eigenvalue weighted by atomic mass is 32.2. The molecule has 0 fully saturated rings. The van der Waals surface area contributed by atoms with Gasteiger partial charge in [0, 0.05) is 11.3 Å². The second-order valence-corrected chi connectivity index (χ2v) is 7.66. The van der Waals surface area contributed by atoms with Crippen molar-refractivity contribution in [2.24, 2.45) is 0 Å². The molecule has 1 aromatic heterocycles. The molecule has 0 unspecified atom stereocenters. The maximum atomic E-state index is 12.3. The Balaban J connectivity index is 1.79. The van der Waals surface area contributed by atoms with Gasteiger partial charge in [0.1, 0.15) is 0 Å². The van der Waals surface area contributed by atoms with Crippen molar-refractivity contribution in [1.29, 1.82) is 0 Å². The third-order valence-corrected chi connectivity index (χ3v) is 5.41. The Labute approximate surface area is 179 Å². The molecule has 0 spiro atoms. The van der Waals surface area contributed by atoms with Gasteiger partial charge in [-0.05, 0) is 18.6 Å². The van der Waals surface area contributed by atoms with Gasteiger partial charge in [-0.15, -0.1) is 10.2 Å². The lowest BCUT2D eigenvalue weighted by molar-refractivity contribution is -0.308. The Bertz CT molecular complexity index is 977. The van der Waals surface area contributed by atoms with Crippen molar-refractivity contribution in [3.8, 4) is 17.1 Å². The maximum Gasteiger partial charge on any atom is 0.230 e. The first-order valence-electron chi connectivity index (χ1n) is 9.79. The van der Waals surface area contributed by atoms with Gasteiger partial charge in [0.05, 0.1) is 17.8 Å². The minimum absolute atomic E-state index is 0.0235. The summed E-state index contributed by atoms with van der Waals surface area (Å²) < 4.78 is 1.89. The molecule has 1 amide bonds. The summed E-state index contributed by atoms with van der Waals surface area (Å²) in [5.41, 5.74) is 1.78. The number of thioether (sulfide) groups is 1. The zero-order chi connectivity index (χ0) is 21.3. The van der Waals surface area contributed by atoms with Gasteiger partial charge in [0.15, 0.2) is 11.0 Å². The monoisotopic (exact) mass is 423 g/mol. The number of rotatable bonds is 10. The fraction of sp³-hybridized carbons (Fsp3) is 0.273. The fourth-order valence-corrected chi connectivity index (χ4v) is 3.73. The van der Waals surface area contributed by atoms with E-state index in [4.69, 9.17) is 0 Å². The number of para-hydroxylation sites is 1. The van der Waals surface area contributed by atoms with Crippen LogP contribution >= 0.6 is 11.8 Å². The van der Waals surface area contributed by atoms with E-state index in [1.165, 1.54) is 11.8 Å². The quantitative estimate of drug-likeness (QED) is 0.503. The number of benzene rings is 2. The summed E-state index contributed by atoms with van der Waals surface area (Å²) in [4.78, 5) is 23.6. The summed E-state index contributed by atoms with van der Waals surface area (Å²) in [5.74, 6) is -0.953. The number of nitrogens with one attached hydrogen (secondary N) is 1. The van der Waals surface area contributed by atoms with Crippen LogP contribution in [0.4, 0.5) is 0 Å². The average molecular weight is 424 g/mol. The third-order valence-electron chi connectivity index (χ3n) is 4.48. The van der Waals surface area contributed by atoms with Gasteiger partial charge < -0.3 is 15.2 Å². The average Bonchev–Trinajstić information content (AvgIpc) is 3.20. The Kier molecular flexibility index (Phi) is 7.62. The lowest BCUT2D eigenvalue weighted by Crippen LogP contribution is -2.48. The number of nitrogens with zero attached hydrogens (tertiary/aromatic N) is 3. The predicted molar refractivity (Wildman–Crippen MR) is 114 cm³/mol. The van der Waals surface area contributed by atoms with Gasteiger partial charge in [-0.2, -0.15) is 0 Å². The highest BCUT2D eigenvalue weighted by Gasteiger charge is 2.18. The molecule has 7 nitrogen and oxygen atoms in total. The van der Waals surface area contributed by atoms with Crippen LogP contribution < -0.4 is 10.4 Å². The molecule has 1 N–H and O–H groups in total. The van der Waals surface area contributed by atoms with Gasteiger partial charge in [0.25, 0.3) is 0 Å². The van der Waals surface area contributed by atoms with E-state index < -0.39 is 12.0 Å². The van der Waals surface area contributed by atoms with Crippen molar-refractivity contribution in [3.63, 3.8) is 0 Å². The smallest absolute Gasteiger partial charge is 0.230 e. The first-order valence-corrected chi connectivity index (χ1v) is 10.8. The zero-order valence-corrected chi connectivity index (χ0v) is 17.5. The number of amides is 1. The first-order chi connectivity index (χ1) is 14.6. The molecule has 0 aliphatic rings.